The lowest BCUT2D eigenvalue weighted by Gasteiger charge is -1.99. The van der Waals surface area contributed by atoms with E-state index >= 15 is 0 Å². The third kappa shape index (κ3) is 1.02. The van der Waals surface area contributed by atoms with Gasteiger partial charge in [0.1, 0.15) is 0 Å². The molecule has 0 aliphatic heterocycles. The molecule has 0 aromatic carbocycles. The predicted octanol–water partition coefficient (Wildman–Crippen LogP) is 1.16. The molecule has 0 fully saturated rings. The van der Waals surface area contributed by atoms with E-state index in [4.69, 9.17) is 0 Å². The maximum atomic E-state index is 9.39. The van der Waals surface area contributed by atoms with Crippen LogP contribution in [0.4, 0.5) is 0 Å². The van der Waals surface area contributed by atoms with Crippen LogP contribution in [0.1, 0.15) is 0 Å². The van der Waals surface area contributed by atoms with Gasteiger partial charge in [-0.3, -0.25) is 0 Å². The van der Waals surface area contributed by atoms with Gasteiger partial charge in [-0.2, -0.15) is 5.10 Å². The average Bonchev–Trinajstić information content (AvgIpc) is 2.49. The molecule has 0 saturated heterocycles. The minimum absolute atomic E-state index is 0.182. The highest BCUT2D eigenvalue weighted by Gasteiger charge is 2.03. The van der Waals surface area contributed by atoms with E-state index in [1.54, 1.807) is 23.0 Å². The summed E-state index contributed by atoms with van der Waals surface area (Å²) in [4.78, 5) is 3.99. The van der Waals surface area contributed by atoms with Crippen LogP contribution in [0.25, 0.3) is 5.65 Å². The van der Waals surface area contributed by atoms with Gasteiger partial charge in [-0.05, 0) is 6.26 Å². The Hall–Kier alpha value is -1.23. The van der Waals surface area contributed by atoms with Crippen LogP contribution in [0, 0.1) is 0 Å². The summed E-state index contributed by atoms with van der Waals surface area (Å²) < 4.78 is 1.63. The largest absolute Gasteiger partial charge is 0.505 e. The first-order valence-corrected chi connectivity index (χ1v) is 4.61. The zero-order chi connectivity index (χ0) is 8.55. The molecule has 2 aromatic rings. The Morgan fingerprint density at radius 2 is 2.42 bits per heavy atom. The standard InChI is InChI=1S/C7H7N3OS/c1-12-7-5(11)4-6-8-2-3-10(6)9-7/h2-4,11H,1H3. The Morgan fingerprint density at radius 3 is 3.17 bits per heavy atom. The van der Waals surface area contributed by atoms with Crippen LogP contribution in [0.3, 0.4) is 0 Å². The quantitative estimate of drug-likeness (QED) is 0.671. The minimum atomic E-state index is 0.182. The molecule has 0 saturated carbocycles. The molecule has 2 aromatic heterocycles. The molecule has 0 atom stereocenters. The van der Waals surface area contributed by atoms with Gasteiger partial charge in [-0.1, -0.05) is 0 Å². The lowest BCUT2D eigenvalue weighted by atomic mass is 10.5. The van der Waals surface area contributed by atoms with Crippen molar-refractivity contribution in [3.63, 3.8) is 0 Å². The Balaban J connectivity index is 2.73. The zero-order valence-electron chi connectivity index (χ0n) is 6.43. The summed E-state index contributed by atoms with van der Waals surface area (Å²) in [5.74, 6) is 0.182. The van der Waals surface area contributed by atoms with Crippen molar-refractivity contribution in [3.05, 3.63) is 18.5 Å². The maximum absolute atomic E-state index is 9.39. The van der Waals surface area contributed by atoms with Crippen LogP contribution in [-0.4, -0.2) is 26.0 Å². The van der Waals surface area contributed by atoms with Crippen molar-refractivity contribution >= 4 is 17.4 Å². The number of aromatic nitrogens is 3. The highest BCUT2D eigenvalue weighted by molar-refractivity contribution is 7.98. The van der Waals surface area contributed by atoms with Gasteiger partial charge in [-0.15, -0.1) is 11.8 Å². The first kappa shape index (κ1) is 7.42. The van der Waals surface area contributed by atoms with Gasteiger partial charge in [0.05, 0.1) is 0 Å². The van der Waals surface area contributed by atoms with Crippen LogP contribution in [-0.2, 0) is 0 Å². The van der Waals surface area contributed by atoms with Crippen molar-refractivity contribution in [3.8, 4) is 5.75 Å². The fourth-order valence-electron chi connectivity index (χ4n) is 0.975. The molecule has 0 aliphatic carbocycles. The number of thioether (sulfide) groups is 1. The third-order valence-corrected chi connectivity index (χ3v) is 2.20. The second kappa shape index (κ2) is 2.67. The van der Waals surface area contributed by atoms with Crippen molar-refractivity contribution in [2.24, 2.45) is 0 Å². The second-order valence-electron chi connectivity index (χ2n) is 2.27. The van der Waals surface area contributed by atoms with Crippen LogP contribution in [0.15, 0.2) is 23.5 Å². The fourth-order valence-corrected chi connectivity index (χ4v) is 1.41. The maximum Gasteiger partial charge on any atom is 0.159 e. The summed E-state index contributed by atoms with van der Waals surface area (Å²) in [6.07, 6.45) is 5.26. The molecule has 4 nitrogen and oxygen atoms in total. The molecule has 0 amide bonds. The number of imidazole rings is 1. The summed E-state index contributed by atoms with van der Waals surface area (Å²) in [5, 5.41) is 14.1. The number of fused-ring (bicyclic) bond motifs is 1. The molecule has 12 heavy (non-hydrogen) atoms. The summed E-state index contributed by atoms with van der Waals surface area (Å²) in [7, 11) is 0. The van der Waals surface area contributed by atoms with Gasteiger partial charge < -0.3 is 5.11 Å². The van der Waals surface area contributed by atoms with Crippen LogP contribution < -0.4 is 0 Å². The lowest BCUT2D eigenvalue weighted by Crippen LogP contribution is -1.91. The van der Waals surface area contributed by atoms with Gasteiger partial charge in [-0.25, -0.2) is 9.50 Å². The summed E-state index contributed by atoms with van der Waals surface area (Å²) >= 11 is 1.40. The lowest BCUT2D eigenvalue weighted by molar-refractivity contribution is 0.453. The van der Waals surface area contributed by atoms with Gasteiger partial charge in [0.25, 0.3) is 0 Å². The van der Waals surface area contributed by atoms with E-state index in [9.17, 15) is 5.11 Å². The van der Waals surface area contributed by atoms with Gasteiger partial charge in [0.2, 0.25) is 0 Å². The Morgan fingerprint density at radius 1 is 1.58 bits per heavy atom. The number of rotatable bonds is 1. The summed E-state index contributed by atoms with van der Waals surface area (Å²) in [6, 6.07) is 1.60. The highest BCUT2D eigenvalue weighted by Crippen LogP contribution is 2.23. The van der Waals surface area contributed by atoms with Crippen LogP contribution in [0.2, 0.25) is 0 Å². The zero-order valence-corrected chi connectivity index (χ0v) is 7.25. The summed E-state index contributed by atoms with van der Waals surface area (Å²) in [5.41, 5.74) is 0.658. The molecule has 2 heterocycles. The average molecular weight is 181 g/mol. The molecule has 0 unspecified atom stereocenters. The van der Waals surface area contributed by atoms with Gasteiger partial charge in [0.15, 0.2) is 16.4 Å². The molecule has 0 bridgehead atoms. The fraction of sp³-hybridized carbons (Fsp3) is 0.143. The molecule has 62 valence electrons. The monoisotopic (exact) mass is 181 g/mol. The Bertz CT molecular complexity index is 412. The van der Waals surface area contributed by atoms with Crippen molar-refractivity contribution in [2.45, 2.75) is 5.03 Å². The van der Waals surface area contributed by atoms with E-state index in [1.807, 2.05) is 6.26 Å². The van der Waals surface area contributed by atoms with E-state index in [-0.39, 0.29) is 5.75 Å². The van der Waals surface area contributed by atoms with Crippen LogP contribution in [0.5, 0.6) is 5.75 Å². The van der Waals surface area contributed by atoms with E-state index < -0.39 is 0 Å². The second-order valence-corrected chi connectivity index (χ2v) is 3.06. The summed E-state index contributed by atoms with van der Waals surface area (Å²) in [6.45, 7) is 0. The van der Waals surface area contributed by atoms with Crippen molar-refractivity contribution < 1.29 is 5.11 Å². The van der Waals surface area contributed by atoms with Crippen LogP contribution >= 0.6 is 11.8 Å². The minimum Gasteiger partial charge on any atom is -0.505 e. The molecule has 0 aliphatic rings. The number of aromatic hydroxyl groups is 1. The highest BCUT2D eigenvalue weighted by atomic mass is 32.2. The first-order valence-electron chi connectivity index (χ1n) is 3.38. The van der Waals surface area contributed by atoms with E-state index in [0.29, 0.717) is 10.7 Å². The predicted molar refractivity (Wildman–Crippen MR) is 46.4 cm³/mol. The topological polar surface area (TPSA) is 50.4 Å². The molecular formula is C7H7N3OS. The first-order chi connectivity index (χ1) is 5.81. The number of nitrogens with zero attached hydrogens (tertiary/aromatic N) is 3. The normalized spacial score (nSPS) is 10.8. The third-order valence-electron chi connectivity index (χ3n) is 1.53. The van der Waals surface area contributed by atoms with E-state index in [1.165, 1.54) is 11.8 Å². The smallest absolute Gasteiger partial charge is 0.159 e. The molecule has 0 spiro atoms. The molecule has 2 rings (SSSR count). The molecule has 5 heteroatoms. The molecule has 0 radical (unpaired) electrons. The van der Waals surface area contributed by atoms with Gasteiger partial charge >= 0.3 is 0 Å². The van der Waals surface area contributed by atoms with E-state index in [0.717, 1.165) is 0 Å². The number of hydrogen-bond donors (Lipinski definition) is 1. The Kier molecular flexibility index (Phi) is 1.65. The van der Waals surface area contributed by atoms with Crippen molar-refractivity contribution in [1.29, 1.82) is 0 Å². The van der Waals surface area contributed by atoms with Gasteiger partial charge in [0, 0.05) is 18.5 Å². The van der Waals surface area contributed by atoms with E-state index in [2.05, 4.69) is 10.1 Å². The van der Waals surface area contributed by atoms with Crippen molar-refractivity contribution in [1.82, 2.24) is 14.6 Å². The molecule has 1 N–H and O–H groups in total. The Labute approximate surface area is 73.2 Å². The molecular weight excluding hydrogens is 174 g/mol. The number of hydrogen-bond acceptors (Lipinski definition) is 4. The SMILES string of the molecule is CSc1nn2ccnc2cc1O. The van der Waals surface area contributed by atoms with Crippen molar-refractivity contribution in [2.75, 3.05) is 6.26 Å².